The van der Waals surface area contributed by atoms with E-state index in [1.807, 2.05) is 9.80 Å². The lowest BCUT2D eigenvalue weighted by Gasteiger charge is -2.36. The number of ether oxygens (including phenoxy) is 1. The Morgan fingerprint density at radius 1 is 1.23 bits per heavy atom. The fraction of sp³-hybridized carbons (Fsp3) is 0.474. The van der Waals surface area contributed by atoms with Gasteiger partial charge in [-0.2, -0.15) is 0 Å². The molecule has 1 aromatic heterocycles. The lowest BCUT2D eigenvalue weighted by molar-refractivity contribution is -0.119. The number of nitrogens with one attached hydrogen (secondary N) is 1. The zero-order chi connectivity index (χ0) is 21.3. The monoisotopic (exact) mass is 418 g/mol. The Morgan fingerprint density at radius 2 is 1.97 bits per heavy atom. The van der Waals surface area contributed by atoms with Crippen LogP contribution in [0.5, 0.6) is 0 Å². The number of hydrogen-bond acceptors (Lipinski definition) is 8. The zero-order valence-corrected chi connectivity index (χ0v) is 16.8. The molecule has 2 aliphatic rings. The van der Waals surface area contributed by atoms with E-state index >= 15 is 0 Å². The quantitative estimate of drug-likeness (QED) is 0.775. The molecule has 1 N–H and O–H groups in total. The highest BCUT2D eigenvalue weighted by Gasteiger charge is 2.35. The molecule has 1 aromatic carbocycles. The summed E-state index contributed by atoms with van der Waals surface area (Å²) in [6, 6.07) is 5.10. The molecule has 10 nitrogen and oxygen atoms in total. The molecular formula is C19H23FN6O4. The number of halogens is 1. The minimum absolute atomic E-state index is 0.203. The molecule has 2 saturated heterocycles. The molecule has 30 heavy (non-hydrogen) atoms. The average molecular weight is 418 g/mol. The van der Waals surface area contributed by atoms with Crippen molar-refractivity contribution < 1.29 is 23.1 Å². The number of para-hydroxylation sites is 1. The number of piperazine rings is 1. The van der Waals surface area contributed by atoms with Gasteiger partial charge >= 0.3 is 12.1 Å². The standard InChI is InChI=1S/C19H23FN6O4/c1-12(27)21-10-14-11-26(19(28)30-14)16-5-3-4-15(20)17(16)24-6-8-25(9-7-24)18-23-22-13(2)29-18/h3-5,14H,6-11H2,1-2H3,(H,21,27)/t14-/m0/s1. The van der Waals surface area contributed by atoms with Crippen molar-refractivity contribution in [3.05, 3.63) is 29.9 Å². The average Bonchev–Trinajstić information content (AvgIpc) is 3.32. The van der Waals surface area contributed by atoms with Crippen LogP contribution in [0.15, 0.2) is 22.6 Å². The number of benzene rings is 1. The molecule has 0 bridgehead atoms. The van der Waals surface area contributed by atoms with Gasteiger partial charge in [-0.15, -0.1) is 5.10 Å². The number of aromatic nitrogens is 2. The van der Waals surface area contributed by atoms with Crippen LogP contribution in [-0.4, -0.2) is 67.6 Å². The summed E-state index contributed by atoms with van der Waals surface area (Å²) in [6.45, 7) is 5.76. The van der Waals surface area contributed by atoms with Gasteiger partial charge in [0.1, 0.15) is 11.9 Å². The summed E-state index contributed by atoms with van der Waals surface area (Å²) in [5.41, 5.74) is 0.809. The predicted molar refractivity (Wildman–Crippen MR) is 106 cm³/mol. The second-order valence-electron chi connectivity index (χ2n) is 7.24. The van der Waals surface area contributed by atoms with Gasteiger partial charge in [0.15, 0.2) is 0 Å². The highest BCUT2D eigenvalue weighted by atomic mass is 19.1. The molecule has 0 unspecified atom stereocenters. The number of hydrogen-bond donors (Lipinski definition) is 1. The summed E-state index contributed by atoms with van der Waals surface area (Å²) >= 11 is 0. The molecule has 2 fully saturated rings. The van der Waals surface area contributed by atoms with Crippen LogP contribution >= 0.6 is 0 Å². The maximum Gasteiger partial charge on any atom is 0.414 e. The van der Waals surface area contributed by atoms with Gasteiger partial charge in [0.05, 0.1) is 24.5 Å². The van der Waals surface area contributed by atoms with Crippen LogP contribution in [0.25, 0.3) is 0 Å². The Kier molecular flexibility index (Phi) is 5.42. The molecule has 0 spiro atoms. The van der Waals surface area contributed by atoms with Crippen molar-refractivity contribution in [3.8, 4) is 0 Å². The second kappa shape index (κ2) is 8.17. The first kappa shape index (κ1) is 19.9. The van der Waals surface area contributed by atoms with Gasteiger partial charge in [-0.25, -0.2) is 9.18 Å². The number of nitrogens with zero attached hydrogens (tertiary/aromatic N) is 5. The van der Waals surface area contributed by atoms with E-state index in [-0.39, 0.29) is 19.0 Å². The second-order valence-corrected chi connectivity index (χ2v) is 7.24. The molecule has 1 atom stereocenters. The maximum atomic E-state index is 14.9. The Hall–Kier alpha value is -3.37. The summed E-state index contributed by atoms with van der Waals surface area (Å²) in [5, 5.41) is 10.5. The SMILES string of the molecule is CC(=O)NC[C@H]1CN(c2cccc(F)c2N2CCN(c3nnc(C)o3)CC2)C(=O)O1. The third-order valence-electron chi connectivity index (χ3n) is 5.09. The number of anilines is 3. The van der Waals surface area contributed by atoms with Crippen molar-refractivity contribution in [2.75, 3.05) is 54.0 Å². The molecule has 160 valence electrons. The number of carbonyl (C=O) groups is 2. The van der Waals surface area contributed by atoms with Crippen LogP contribution in [0, 0.1) is 12.7 Å². The highest BCUT2D eigenvalue weighted by Crippen LogP contribution is 2.35. The molecule has 0 aliphatic carbocycles. The smallest absolute Gasteiger partial charge is 0.414 e. The molecule has 3 heterocycles. The number of amides is 2. The van der Waals surface area contributed by atoms with Crippen LogP contribution in [-0.2, 0) is 9.53 Å². The van der Waals surface area contributed by atoms with Gasteiger partial charge in [0.25, 0.3) is 0 Å². The number of rotatable bonds is 5. The van der Waals surface area contributed by atoms with Crippen molar-refractivity contribution in [2.24, 2.45) is 0 Å². The number of aryl methyl sites for hydroxylation is 1. The van der Waals surface area contributed by atoms with Crippen LogP contribution in [0.4, 0.5) is 26.6 Å². The fourth-order valence-corrected chi connectivity index (χ4v) is 3.65. The number of carbonyl (C=O) groups excluding carboxylic acids is 2. The highest BCUT2D eigenvalue weighted by molar-refractivity contribution is 5.94. The van der Waals surface area contributed by atoms with Crippen LogP contribution < -0.4 is 20.0 Å². The first-order chi connectivity index (χ1) is 14.4. The summed E-state index contributed by atoms with van der Waals surface area (Å²) in [4.78, 5) is 28.8. The van der Waals surface area contributed by atoms with E-state index in [0.717, 1.165) is 0 Å². The van der Waals surface area contributed by atoms with E-state index in [1.54, 1.807) is 19.1 Å². The Morgan fingerprint density at radius 3 is 2.63 bits per heavy atom. The molecule has 2 aliphatic heterocycles. The van der Waals surface area contributed by atoms with E-state index in [4.69, 9.17) is 9.15 Å². The molecule has 0 radical (unpaired) electrons. The van der Waals surface area contributed by atoms with Crippen molar-refractivity contribution in [3.63, 3.8) is 0 Å². The first-order valence-electron chi connectivity index (χ1n) is 9.73. The van der Waals surface area contributed by atoms with Gasteiger partial charge in [0, 0.05) is 40.0 Å². The van der Waals surface area contributed by atoms with Gasteiger partial charge in [-0.3, -0.25) is 9.69 Å². The maximum absolute atomic E-state index is 14.9. The molecule has 11 heteroatoms. The Balaban J connectivity index is 1.50. The van der Waals surface area contributed by atoms with Crippen LogP contribution in [0.3, 0.4) is 0 Å². The molecular weight excluding hydrogens is 395 g/mol. The van der Waals surface area contributed by atoms with Crippen molar-refractivity contribution in [1.29, 1.82) is 0 Å². The lowest BCUT2D eigenvalue weighted by atomic mass is 10.2. The lowest BCUT2D eigenvalue weighted by Crippen LogP contribution is -2.47. The van der Waals surface area contributed by atoms with Crippen molar-refractivity contribution in [1.82, 2.24) is 15.5 Å². The minimum Gasteiger partial charge on any atom is -0.442 e. The molecule has 4 rings (SSSR count). The topological polar surface area (TPSA) is 104 Å². The summed E-state index contributed by atoms with van der Waals surface area (Å²) in [6.07, 6.45) is -1.05. The summed E-state index contributed by atoms with van der Waals surface area (Å²) in [7, 11) is 0. The molecule has 2 aromatic rings. The normalized spacial score (nSPS) is 19.2. The third-order valence-corrected chi connectivity index (χ3v) is 5.09. The van der Waals surface area contributed by atoms with Crippen molar-refractivity contribution in [2.45, 2.75) is 20.0 Å². The van der Waals surface area contributed by atoms with Crippen molar-refractivity contribution >= 4 is 29.4 Å². The number of cyclic esters (lactones) is 1. The van der Waals surface area contributed by atoms with Crippen LogP contribution in [0.1, 0.15) is 12.8 Å². The van der Waals surface area contributed by atoms with E-state index < -0.39 is 18.0 Å². The molecule has 2 amide bonds. The minimum atomic E-state index is -0.558. The van der Waals surface area contributed by atoms with E-state index in [2.05, 4.69) is 15.5 Å². The fourth-order valence-electron chi connectivity index (χ4n) is 3.65. The first-order valence-corrected chi connectivity index (χ1v) is 9.73. The van der Waals surface area contributed by atoms with Gasteiger partial charge in [-0.05, 0) is 12.1 Å². The van der Waals surface area contributed by atoms with Gasteiger partial charge in [-0.1, -0.05) is 11.2 Å². The van der Waals surface area contributed by atoms with E-state index in [1.165, 1.54) is 17.9 Å². The summed E-state index contributed by atoms with van der Waals surface area (Å²) < 4.78 is 25.7. The van der Waals surface area contributed by atoms with Gasteiger partial charge < -0.3 is 24.3 Å². The van der Waals surface area contributed by atoms with E-state index in [9.17, 15) is 14.0 Å². The Labute approximate surface area is 172 Å². The third kappa shape index (κ3) is 4.00. The summed E-state index contributed by atoms with van der Waals surface area (Å²) in [5.74, 6) is -0.122. The molecule has 0 saturated carbocycles. The van der Waals surface area contributed by atoms with Gasteiger partial charge in [0.2, 0.25) is 11.8 Å². The largest absolute Gasteiger partial charge is 0.442 e. The zero-order valence-electron chi connectivity index (χ0n) is 16.8. The Bertz CT molecular complexity index is 943. The van der Waals surface area contributed by atoms with E-state index in [0.29, 0.717) is 49.5 Å². The van der Waals surface area contributed by atoms with Crippen LogP contribution in [0.2, 0.25) is 0 Å². The predicted octanol–water partition coefficient (Wildman–Crippen LogP) is 1.31.